The van der Waals surface area contributed by atoms with E-state index in [1.54, 1.807) is 0 Å². The fourth-order valence-electron chi connectivity index (χ4n) is 3.76. The van der Waals surface area contributed by atoms with Crippen molar-refractivity contribution in [3.63, 3.8) is 0 Å². The number of nitrogens with one attached hydrogen (secondary N) is 1. The van der Waals surface area contributed by atoms with E-state index in [9.17, 15) is 4.79 Å². The first kappa shape index (κ1) is 17.7. The van der Waals surface area contributed by atoms with Crippen LogP contribution in [0.1, 0.15) is 37.8 Å². The molecule has 2 aliphatic heterocycles. The predicted octanol–water partition coefficient (Wildman–Crippen LogP) is 2.93. The molecule has 132 valence electrons. The van der Waals surface area contributed by atoms with E-state index in [-0.39, 0.29) is 0 Å². The van der Waals surface area contributed by atoms with Crippen molar-refractivity contribution in [3.05, 3.63) is 34.9 Å². The summed E-state index contributed by atoms with van der Waals surface area (Å²) in [5.74, 6) is 1.03. The van der Waals surface area contributed by atoms with Gasteiger partial charge in [0.05, 0.1) is 0 Å². The van der Waals surface area contributed by atoms with Gasteiger partial charge in [0.1, 0.15) is 0 Å². The molecule has 0 spiro atoms. The van der Waals surface area contributed by atoms with Crippen molar-refractivity contribution in [1.82, 2.24) is 15.1 Å². The molecule has 1 amide bonds. The second-order valence-electron chi connectivity index (χ2n) is 7.04. The Labute approximate surface area is 150 Å². The Bertz CT molecular complexity index is 534. The SMILES string of the molecule is CC(c1ccc(Cl)cc1)N1CCN(C(=O)CCC2CCNC2)CC1. The second kappa shape index (κ2) is 8.32. The Kier molecular flexibility index (Phi) is 6.14. The van der Waals surface area contributed by atoms with Gasteiger partial charge in [-0.3, -0.25) is 9.69 Å². The van der Waals surface area contributed by atoms with Crippen molar-refractivity contribution in [1.29, 1.82) is 0 Å². The third-order valence-electron chi connectivity index (χ3n) is 5.50. The highest BCUT2D eigenvalue weighted by Crippen LogP contribution is 2.23. The highest BCUT2D eigenvalue weighted by molar-refractivity contribution is 6.30. The van der Waals surface area contributed by atoms with E-state index >= 15 is 0 Å². The van der Waals surface area contributed by atoms with Gasteiger partial charge < -0.3 is 10.2 Å². The number of rotatable bonds is 5. The molecule has 4 nitrogen and oxygen atoms in total. The number of carbonyl (C=O) groups is 1. The summed E-state index contributed by atoms with van der Waals surface area (Å²) in [4.78, 5) is 16.9. The molecule has 2 saturated heterocycles. The monoisotopic (exact) mass is 349 g/mol. The molecule has 2 heterocycles. The van der Waals surface area contributed by atoms with Crippen molar-refractivity contribution >= 4 is 17.5 Å². The Morgan fingerprint density at radius 2 is 1.96 bits per heavy atom. The predicted molar refractivity (Wildman–Crippen MR) is 98.2 cm³/mol. The van der Waals surface area contributed by atoms with Crippen LogP contribution in [-0.2, 0) is 4.79 Å². The lowest BCUT2D eigenvalue weighted by atomic mass is 10.0. The van der Waals surface area contributed by atoms with Gasteiger partial charge in [0.2, 0.25) is 5.91 Å². The van der Waals surface area contributed by atoms with Crippen LogP contribution in [0.25, 0.3) is 0 Å². The lowest BCUT2D eigenvalue weighted by molar-refractivity contribution is -0.133. The number of piperazine rings is 1. The molecule has 0 radical (unpaired) electrons. The number of carbonyl (C=O) groups excluding carboxylic acids is 1. The van der Waals surface area contributed by atoms with Crippen molar-refractivity contribution in [2.24, 2.45) is 5.92 Å². The average molecular weight is 350 g/mol. The molecule has 0 aliphatic carbocycles. The molecule has 0 bridgehead atoms. The molecular weight excluding hydrogens is 322 g/mol. The molecule has 0 aromatic heterocycles. The largest absolute Gasteiger partial charge is 0.340 e. The molecule has 0 saturated carbocycles. The van der Waals surface area contributed by atoms with Crippen molar-refractivity contribution < 1.29 is 4.79 Å². The van der Waals surface area contributed by atoms with Crippen molar-refractivity contribution in [2.75, 3.05) is 39.3 Å². The molecule has 2 unspecified atom stereocenters. The van der Waals surface area contributed by atoms with E-state index < -0.39 is 0 Å². The van der Waals surface area contributed by atoms with Crippen LogP contribution >= 0.6 is 11.6 Å². The van der Waals surface area contributed by atoms with Crippen LogP contribution in [0.15, 0.2) is 24.3 Å². The quantitative estimate of drug-likeness (QED) is 0.887. The van der Waals surface area contributed by atoms with Crippen LogP contribution in [0, 0.1) is 5.92 Å². The Balaban J connectivity index is 1.44. The third-order valence-corrected chi connectivity index (χ3v) is 5.75. The van der Waals surface area contributed by atoms with Crippen LogP contribution < -0.4 is 5.32 Å². The summed E-state index contributed by atoms with van der Waals surface area (Å²) in [6.07, 6.45) is 2.96. The standard InChI is InChI=1S/C19H28ClN3O/c1-15(17-3-5-18(20)6-4-17)22-10-12-23(13-11-22)19(24)7-2-16-8-9-21-14-16/h3-6,15-16,21H,2,7-14H2,1H3. The molecule has 1 aromatic carbocycles. The van der Waals surface area contributed by atoms with Crippen molar-refractivity contribution in [2.45, 2.75) is 32.2 Å². The third kappa shape index (κ3) is 4.50. The summed E-state index contributed by atoms with van der Waals surface area (Å²) in [5, 5.41) is 4.15. The van der Waals surface area contributed by atoms with E-state index in [2.05, 4.69) is 29.3 Å². The lowest BCUT2D eigenvalue weighted by Gasteiger charge is -2.38. The van der Waals surface area contributed by atoms with E-state index in [0.29, 0.717) is 24.3 Å². The van der Waals surface area contributed by atoms with Gasteiger partial charge in [0.15, 0.2) is 0 Å². The van der Waals surface area contributed by atoms with E-state index in [1.807, 2.05) is 17.0 Å². The highest BCUT2D eigenvalue weighted by Gasteiger charge is 2.25. The summed E-state index contributed by atoms with van der Waals surface area (Å²) >= 11 is 5.97. The summed E-state index contributed by atoms with van der Waals surface area (Å²) in [6, 6.07) is 8.46. The minimum Gasteiger partial charge on any atom is -0.340 e. The normalized spacial score (nSPS) is 23.4. The summed E-state index contributed by atoms with van der Waals surface area (Å²) in [5.41, 5.74) is 1.29. The summed E-state index contributed by atoms with van der Waals surface area (Å²) in [6.45, 7) is 8.01. The zero-order valence-electron chi connectivity index (χ0n) is 14.5. The highest BCUT2D eigenvalue weighted by atomic mass is 35.5. The first-order valence-corrected chi connectivity index (χ1v) is 9.49. The molecule has 2 aliphatic rings. The van der Waals surface area contributed by atoms with Crippen LogP contribution in [0.4, 0.5) is 0 Å². The van der Waals surface area contributed by atoms with Crippen LogP contribution in [-0.4, -0.2) is 55.0 Å². The molecule has 2 fully saturated rings. The Hall–Kier alpha value is -1.10. The zero-order chi connectivity index (χ0) is 16.9. The van der Waals surface area contributed by atoms with Crippen LogP contribution in [0.3, 0.4) is 0 Å². The number of hydrogen-bond donors (Lipinski definition) is 1. The molecule has 1 aromatic rings. The maximum atomic E-state index is 12.4. The number of halogens is 1. The van der Waals surface area contributed by atoms with Crippen molar-refractivity contribution in [3.8, 4) is 0 Å². The van der Waals surface area contributed by atoms with E-state index in [4.69, 9.17) is 11.6 Å². The maximum Gasteiger partial charge on any atom is 0.222 e. The van der Waals surface area contributed by atoms with Crippen LogP contribution in [0.5, 0.6) is 0 Å². The molecule has 2 atom stereocenters. The van der Waals surface area contributed by atoms with E-state index in [0.717, 1.165) is 50.7 Å². The number of benzene rings is 1. The first-order valence-electron chi connectivity index (χ1n) is 9.11. The summed E-state index contributed by atoms with van der Waals surface area (Å²) < 4.78 is 0. The van der Waals surface area contributed by atoms with Gasteiger partial charge >= 0.3 is 0 Å². The van der Waals surface area contributed by atoms with Gasteiger partial charge in [-0.05, 0) is 56.5 Å². The van der Waals surface area contributed by atoms with Gasteiger partial charge in [-0.2, -0.15) is 0 Å². The van der Waals surface area contributed by atoms with Gasteiger partial charge in [-0.25, -0.2) is 0 Å². The molecule has 24 heavy (non-hydrogen) atoms. The minimum atomic E-state index is 0.334. The number of amides is 1. The fourth-order valence-corrected chi connectivity index (χ4v) is 3.88. The molecule has 3 rings (SSSR count). The number of nitrogens with zero attached hydrogens (tertiary/aromatic N) is 2. The average Bonchev–Trinajstić information content (AvgIpc) is 3.13. The zero-order valence-corrected chi connectivity index (χ0v) is 15.3. The maximum absolute atomic E-state index is 12.4. The fraction of sp³-hybridized carbons (Fsp3) is 0.632. The minimum absolute atomic E-state index is 0.334. The van der Waals surface area contributed by atoms with E-state index in [1.165, 1.54) is 12.0 Å². The summed E-state index contributed by atoms with van der Waals surface area (Å²) in [7, 11) is 0. The molecule has 1 N–H and O–H groups in total. The second-order valence-corrected chi connectivity index (χ2v) is 7.48. The topological polar surface area (TPSA) is 35.6 Å². The van der Waals surface area contributed by atoms with Gasteiger partial charge in [-0.15, -0.1) is 0 Å². The number of hydrogen-bond acceptors (Lipinski definition) is 3. The van der Waals surface area contributed by atoms with Gasteiger partial charge in [0.25, 0.3) is 0 Å². The van der Waals surface area contributed by atoms with Gasteiger partial charge in [-0.1, -0.05) is 23.7 Å². The Morgan fingerprint density at radius 3 is 2.58 bits per heavy atom. The Morgan fingerprint density at radius 1 is 1.25 bits per heavy atom. The molecular formula is C19H28ClN3O. The lowest BCUT2D eigenvalue weighted by Crippen LogP contribution is -2.49. The smallest absolute Gasteiger partial charge is 0.222 e. The van der Waals surface area contributed by atoms with Crippen LogP contribution in [0.2, 0.25) is 5.02 Å². The van der Waals surface area contributed by atoms with Gasteiger partial charge in [0, 0.05) is 43.7 Å². The molecule has 5 heteroatoms. The first-order chi connectivity index (χ1) is 11.6.